The van der Waals surface area contributed by atoms with Crippen molar-refractivity contribution in [3.05, 3.63) is 0 Å². The first-order valence-corrected chi connectivity index (χ1v) is 6.53. The van der Waals surface area contributed by atoms with Gasteiger partial charge in [-0.2, -0.15) is 0 Å². The van der Waals surface area contributed by atoms with E-state index in [0.717, 1.165) is 6.04 Å². The van der Waals surface area contributed by atoms with Crippen LogP contribution in [0.15, 0.2) is 0 Å². The quantitative estimate of drug-likeness (QED) is 0.477. The molecule has 0 saturated heterocycles. The molecule has 0 rings (SSSR count). The van der Waals surface area contributed by atoms with Crippen LogP contribution in [0.2, 0.25) is 6.04 Å². The molecule has 0 unspecified atom stereocenters. The van der Waals surface area contributed by atoms with Crippen LogP contribution >= 0.6 is 23.2 Å². The fourth-order valence-corrected chi connectivity index (χ4v) is 2.44. The van der Waals surface area contributed by atoms with Gasteiger partial charge in [-0.15, -0.1) is 23.2 Å². The Morgan fingerprint density at radius 3 is 1.82 bits per heavy atom. The molecule has 0 fully saturated rings. The zero-order chi connectivity index (χ0) is 8.53. The van der Waals surface area contributed by atoms with E-state index in [1.807, 2.05) is 0 Å². The van der Waals surface area contributed by atoms with Crippen LogP contribution in [0.5, 0.6) is 0 Å². The Hall–Kier alpha value is 0.717. The number of hydrogen-bond donors (Lipinski definition) is 0. The van der Waals surface area contributed by atoms with Gasteiger partial charge in [-0.1, -0.05) is 6.92 Å². The van der Waals surface area contributed by atoms with Gasteiger partial charge in [-0.05, 0) is 6.04 Å². The smallest absolute Gasteiger partial charge is 0.321 e. The topological polar surface area (TPSA) is 18.5 Å². The SMILES string of the molecule is CC[SiH](OCCCl)OCCCl. The summed E-state index contributed by atoms with van der Waals surface area (Å²) in [5, 5.41) is 0. The third-order valence-corrected chi connectivity index (χ3v) is 3.29. The minimum absolute atomic E-state index is 0.535. The first kappa shape index (κ1) is 11.7. The molecule has 2 nitrogen and oxygen atoms in total. The van der Waals surface area contributed by atoms with Crippen molar-refractivity contribution in [2.45, 2.75) is 13.0 Å². The van der Waals surface area contributed by atoms with E-state index in [4.69, 9.17) is 32.1 Å². The molecular weight excluding hydrogens is 203 g/mol. The first-order valence-electron chi connectivity index (χ1n) is 3.70. The Bertz CT molecular complexity index is 77.0. The normalized spacial score (nSPS) is 10.9. The molecule has 5 heteroatoms. The molecule has 0 amide bonds. The fraction of sp³-hybridized carbons (Fsp3) is 1.00. The van der Waals surface area contributed by atoms with Gasteiger partial charge in [-0.3, -0.25) is 0 Å². The minimum Gasteiger partial charge on any atom is -0.395 e. The van der Waals surface area contributed by atoms with Gasteiger partial charge in [0.1, 0.15) is 0 Å². The molecule has 0 saturated carbocycles. The van der Waals surface area contributed by atoms with Gasteiger partial charge in [-0.25, -0.2) is 0 Å². The Kier molecular flexibility index (Phi) is 9.38. The molecule has 0 radical (unpaired) electrons. The summed E-state index contributed by atoms with van der Waals surface area (Å²) in [6, 6.07) is 0.966. The van der Waals surface area contributed by atoms with E-state index in [2.05, 4.69) is 6.92 Å². The van der Waals surface area contributed by atoms with Crippen molar-refractivity contribution in [3.8, 4) is 0 Å². The summed E-state index contributed by atoms with van der Waals surface area (Å²) in [6.07, 6.45) is 0. The highest BCUT2D eigenvalue weighted by molar-refractivity contribution is 6.44. The number of hydrogen-bond acceptors (Lipinski definition) is 2. The largest absolute Gasteiger partial charge is 0.395 e. The maximum atomic E-state index is 5.45. The molecule has 0 atom stereocenters. The molecule has 0 heterocycles. The molecule has 0 aromatic carbocycles. The molecule has 0 N–H and O–H groups in total. The van der Waals surface area contributed by atoms with Crippen LogP contribution in [0, 0.1) is 0 Å². The predicted octanol–water partition coefficient (Wildman–Crippen LogP) is 1.74. The molecule has 0 spiro atoms. The van der Waals surface area contributed by atoms with Crippen LogP contribution in [-0.4, -0.2) is 34.3 Å². The van der Waals surface area contributed by atoms with E-state index in [9.17, 15) is 0 Å². The highest BCUT2D eigenvalue weighted by Gasteiger charge is 2.08. The monoisotopic (exact) mass is 216 g/mol. The highest BCUT2D eigenvalue weighted by atomic mass is 35.5. The van der Waals surface area contributed by atoms with Gasteiger partial charge in [0.05, 0.1) is 0 Å². The Balaban J connectivity index is 3.25. The van der Waals surface area contributed by atoms with E-state index in [0.29, 0.717) is 25.0 Å². The third-order valence-electron chi connectivity index (χ3n) is 1.10. The summed E-state index contributed by atoms with van der Waals surface area (Å²) >= 11 is 10.9. The first-order chi connectivity index (χ1) is 5.35. The van der Waals surface area contributed by atoms with Crippen LogP contribution in [0.25, 0.3) is 0 Å². The van der Waals surface area contributed by atoms with E-state index in [1.165, 1.54) is 0 Å². The van der Waals surface area contributed by atoms with Crippen LogP contribution in [-0.2, 0) is 8.85 Å². The zero-order valence-corrected chi connectivity index (χ0v) is 9.35. The molecular formula is C6H14Cl2O2Si. The van der Waals surface area contributed by atoms with Gasteiger partial charge in [0.25, 0.3) is 0 Å². The van der Waals surface area contributed by atoms with Crippen molar-refractivity contribution >= 4 is 32.5 Å². The third kappa shape index (κ3) is 7.09. The van der Waals surface area contributed by atoms with Crippen molar-refractivity contribution in [1.82, 2.24) is 0 Å². The fourth-order valence-electron chi connectivity index (χ4n) is 0.636. The number of halogens is 2. The van der Waals surface area contributed by atoms with Crippen molar-refractivity contribution in [2.24, 2.45) is 0 Å². The Morgan fingerprint density at radius 2 is 1.55 bits per heavy atom. The van der Waals surface area contributed by atoms with Crippen molar-refractivity contribution in [1.29, 1.82) is 0 Å². The lowest BCUT2D eigenvalue weighted by Crippen LogP contribution is -2.23. The Morgan fingerprint density at radius 1 is 1.09 bits per heavy atom. The molecule has 0 aromatic rings. The second-order valence-corrected chi connectivity index (χ2v) is 5.06. The van der Waals surface area contributed by atoms with E-state index in [1.54, 1.807) is 0 Å². The highest BCUT2D eigenvalue weighted by Crippen LogP contribution is 1.97. The van der Waals surface area contributed by atoms with Crippen LogP contribution in [0.3, 0.4) is 0 Å². The minimum atomic E-state index is -1.42. The van der Waals surface area contributed by atoms with Crippen molar-refractivity contribution < 1.29 is 8.85 Å². The maximum Gasteiger partial charge on any atom is 0.321 e. The average Bonchev–Trinajstić information content (AvgIpc) is 2.05. The summed E-state index contributed by atoms with van der Waals surface area (Å²) in [4.78, 5) is 0. The van der Waals surface area contributed by atoms with Crippen molar-refractivity contribution in [2.75, 3.05) is 25.0 Å². The molecule has 0 bridgehead atoms. The molecule has 0 aromatic heterocycles. The summed E-state index contributed by atoms with van der Waals surface area (Å²) in [7, 11) is -1.42. The second-order valence-electron chi connectivity index (χ2n) is 1.96. The maximum absolute atomic E-state index is 5.45. The molecule has 0 aliphatic carbocycles. The lowest BCUT2D eigenvalue weighted by atomic mass is 10.9. The molecule has 0 aliphatic rings. The summed E-state index contributed by atoms with van der Waals surface area (Å²) in [5.41, 5.74) is 0. The lowest BCUT2D eigenvalue weighted by molar-refractivity contribution is 0.217. The van der Waals surface area contributed by atoms with Gasteiger partial charge in [0.2, 0.25) is 0 Å². The standard InChI is InChI=1S/C6H14Cl2O2Si/c1-2-11(9-5-3-7)10-6-4-8/h11H,2-6H2,1H3. The van der Waals surface area contributed by atoms with Crippen LogP contribution in [0.4, 0.5) is 0 Å². The van der Waals surface area contributed by atoms with Crippen molar-refractivity contribution in [3.63, 3.8) is 0 Å². The van der Waals surface area contributed by atoms with Crippen LogP contribution in [0.1, 0.15) is 6.92 Å². The molecule has 68 valence electrons. The van der Waals surface area contributed by atoms with Gasteiger partial charge in [0.15, 0.2) is 0 Å². The average molecular weight is 217 g/mol. The number of rotatable bonds is 7. The van der Waals surface area contributed by atoms with E-state index < -0.39 is 9.28 Å². The summed E-state index contributed by atoms with van der Waals surface area (Å²) < 4.78 is 10.7. The predicted molar refractivity (Wildman–Crippen MR) is 51.0 cm³/mol. The summed E-state index contributed by atoms with van der Waals surface area (Å²) in [5.74, 6) is 1.07. The van der Waals surface area contributed by atoms with Gasteiger partial charge in [0, 0.05) is 25.0 Å². The van der Waals surface area contributed by atoms with Gasteiger partial charge >= 0.3 is 9.28 Å². The van der Waals surface area contributed by atoms with E-state index in [-0.39, 0.29) is 0 Å². The van der Waals surface area contributed by atoms with Gasteiger partial charge < -0.3 is 8.85 Å². The number of alkyl halides is 2. The van der Waals surface area contributed by atoms with Crippen LogP contribution < -0.4 is 0 Å². The Labute approximate surface area is 79.6 Å². The molecule has 11 heavy (non-hydrogen) atoms. The van der Waals surface area contributed by atoms with E-state index >= 15 is 0 Å². The second kappa shape index (κ2) is 8.81. The summed E-state index contributed by atoms with van der Waals surface area (Å²) in [6.45, 7) is 3.24. The lowest BCUT2D eigenvalue weighted by Gasteiger charge is -2.12. The molecule has 0 aliphatic heterocycles. The zero-order valence-electron chi connectivity index (χ0n) is 6.69.